The Morgan fingerprint density at radius 3 is 2.31 bits per heavy atom. The highest BCUT2D eigenvalue weighted by atomic mass is 19.1. The molecule has 3 rings (SSSR count). The van der Waals surface area contributed by atoms with E-state index in [9.17, 15) is 8.78 Å². The highest BCUT2D eigenvalue weighted by Gasteiger charge is 2.22. The van der Waals surface area contributed by atoms with E-state index in [2.05, 4.69) is 25.3 Å². The van der Waals surface area contributed by atoms with E-state index >= 15 is 0 Å². The fourth-order valence-corrected chi connectivity index (χ4v) is 4.17. The van der Waals surface area contributed by atoms with Gasteiger partial charge in [-0.2, -0.15) is 0 Å². The molecule has 0 N–H and O–H groups in total. The first-order valence-corrected chi connectivity index (χ1v) is 10.9. The zero-order valence-electron chi connectivity index (χ0n) is 17.4. The molecule has 0 aromatic heterocycles. The van der Waals surface area contributed by atoms with Crippen molar-refractivity contribution in [2.24, 2.45) is 17.8 Å². The normalized spacial score (nSPS) is 27.1. The zero-order chi connectivity index (χ0) is 20.6. The van der Waals surface area contributed by atoms with Crippen LogP contribution in [0.25, 0.3) is 0 Å². The average Bonchev–Trinajstić information content (AvgIpc) is 2.73. The third kappa shape index (κ3) is 6.39. The fourth-order valence-electron chi connectivity index (χ4n) is 4.17. The number of ether oxygens (including phenoxy) is 2. The van der Waals surface area contributed by atoms with Gasteiger partial charge in [0.2, 0.25) is 0 Å². The molecular weight excluding hydrogens is 370 g/mol. The van der Waals surface area contributed by atoms with E-state index in [4.69, 9.17) is 9.47 Å². The standard InChI is InChI=1S/C25H32F2O2/c1-3-5-21-16-28-25(29-17-21)13-11-20-14-23(26)22(24(27)15-20)12-10-19-8-6-18(4-2)7-9-19/h4,14-15,18-19,21,25H,2-3,5-9,11,13,16-17H2,1H3/t18?,19?,21-,25-. The lowest BCUT2D eigenvalue weighted by molar-refractivity contribution is -0.203. The molecule has 0 atom stereocenters. The summed E-state index contributed by atoms with van der Waals surface area (Å²) in [4.78, 5) is 0. The van der Waals surface area contributed by atoms with Crippen LogP contribution in [0.1, 0.15) is 63.0 Å². The quantitative estimate of drug-likeness (QED) is 0.427. The van der Waals surface area contributed by atoms with Crippen molar-refractivity contribution in [1.29, 1.82) is 0 Å². The minimum Gasteiger partial charge on any atom is -0.352 e. The molecule has 1 heterocycles. The van der Waals surface area contributed by atoms with Crippen molar-refractivity contribution < 1.29 is 18.3 Å². The molecule has 2 fully saturated rings. The van der Waals surface area contributed by atoms with Crippen molar-refractivity contribution in [2.45, 2.75) is 64.6 Å². The fraction of sp³-hybridized carbons (Fsp3) is 0.600. The Bertz CT molecular complexity index is 710. The van der Waals surface area contributed by atoms with Crippen molar-refractivity contribution >= 4 is 0 Å². The molecule has 0 amide bonds. The number of benzene rings is 1. The Morgan fingerprint density at radius 1 is 1.07 bits per heavy atom. The molecule has 1 aliphatic carbocycles. The molecule has 4 heteroatoms. The first-order valence-electron chi connectivity index (χ1n) is 10.9. The molecule has 0 bridgehead atoms. The highest BCUT2D eigenvalue weighted by Crippen LogP contribution is 2.29. The number of hydrogen-bond donors (Lipinski definition) is 0. The molecule has 29 heavy (non-hydrogen) atoms. The van der Waals surface area contributed by atoms with Crippen LogP contribution in [0, 0.1) is 41.2 Å². The van der Waals surface area contributed by atoms with Crippen LogP contribution in [0.2, 0.25) is 0 Å². The topological polar surface area (TPSA) is 18.5 Å². The summed E-state index contributed by atoms with van der Waals surface area (Å²) in [5.74, 6) is 5.89. The molecule has 1 aromatic rings. The van der Waals surface area contributed by atoms with E-state index in [0.29, 0.717) is 43.5 Å². The van der Waals surface area contributed by atoms with Crippen LogP contribution < -0.4 is 0 Å². The lowest BCUT2D eigenvalue weighted by Crippen LogP contribution is -2.32. The second-order valence-corrected chi connectivity index (χ2v) is 8.34. The predicted octanol–water partition coefficient (Wildman–Crippen LogP) is 6.03. The number of hydrogen-bond acceptors (Lipinski definition) is 2. The number of aryl methyl sites for hydroxylation is 1. The SMILES string of the molecule is C=CC1CCC(C#Cc2c(F)cc(CC[C@H]3OC[C@H](CCC)CO3)cc2F)CC1. The summed E-state index contributed by atoms with van der Waals surface area (Å²) in [6.07, 6.45) is 9.05. The van der Waals surface area contributed by atoms with Gasteiger partial charge in [0.1, 0.15) is 11.6 Å². The van der Waals surface area contributed by atoms with Gasteiger partial charge in [-0.15, -0.1) is 6.58 Å². The van der Waals surface area contributed by atoms with E-state index in [1.165, 1.54) is 12.1 Å². The van der Waals surface area contributed by atoms with E-state index in [0.717, 1.165) is 38.5 Å². The van der Waals surface area contributed by atoms with Crippen molar-refractivity contribution in [3.63, 3.8) is 0 Å². The molecule has 0 unspecified atom stereocenters. The Kier molecular flexibility index (Phi) is 8.27. The number of halogens is 2. The van der Waals surface area contributed by atoms with Gasteiger partial charge in [-0.3, -0.25) is 0 Å². The van der Waals surface area contributed by atoms with Crippen LogP contribution in [0.15, 0.2) is 24.8 Å². The van der Waals surface area contributed by atoms with Gasteiger partial charge in [-0.05, 0) is 62.1 Å². The molecule has 1 saturated heterocycles. The van der Waals surface area contributed by atoms with Crippen LogP contribution in [-0.4, -0.2) is 19.5 Å². The lowest BCUT2D eigenvalue weighted by atomic mass is 9.82. The maximum atomic E-state index is 14.5. The van der Waals surface area contributed by atoms with Gasteiger partial charge < -0.3 is 9.47 Å². The summed E-state index contributed by atoms with van der Waals surface area (Å²) in [7, 11) is 0. The third-order valence-corrected chi connectivity index (χ3v) is 6.01. The molecule has 158 valence electrons. The molecule has 0 spiro atoms. The average molecular weight is 403 g/mol. The lowest BCUT2D eigenvalue weighted by Gasteiger charge is -2.29. The molecule has 1 aromatic carbocycles. The summed E-state index contributed by atoms with van der Waals surface area (Å²) in [5.41, 5.74) is 0.493. The van der Waals surface area contributed by atoms with Crippen LogP contribution in [-0.2, 0) is 15.9 Å². The maximum Gasteiger partial charge on any atom is 0.157 e. The van der Waals surface area contributed by atoms with Crippen LogP contribution in [0.5, 0.6) is 0 Å². The number of allylic oxidation sites excluding steroid dienone is 1. The van der Waals surface area contributed by atoms with Crippen LogP contribution in [0.3, 0.4) is 0 Å². The monoisotopic (exact) mass is 402 g/mol. The molecule has 2 aliphatic rings. The predicted molar refractivity (Wildman–Crippen MR) is 111 cm³/mol. The van der Waals surface area contributed by atoms with Crippen molar-refractivity contribution in [1.82, 2.24) is 0 Å². The van der Waals surface area contributed by atoms with Gasteiger partial charge >= 0.3 is 0 Å². The maximum absolute atomic E-state index is 14.5. The Balaban J connectivity index is 1.53. The first kappa shape index (κ1) is 22.0. The van der Waals surface area contributed by atoms with Crippen LogP contribution in [0.4, 0.5) is 8.78 Å². The van der Waals surface area contributed by atoms with E-state index in [1.807, 2.05) is 6.08 Å². The van der Waals surface area contributed by atoms with Crippen molar-refractivity contribution in [2.75, 3.05) is 13.2 Å². The van der Waals surface area contributed by atoms with Gasteiger partial charge in [-0.1, -0.05) is 31.3 Å². The Morgan fingerprint density at radius 2 is 1.72 bits per heavy atom. The van der Waals surface area contributed by atoms with Gasteiger partial charge in [0.25, 0.3) is 0 Å². The largest absolute Gasteiger partial charge is 0.352 e. The van der Waals surface area contributed by atoms with E-state index in [-0.39, 0.29) is 17.8 Å². The zero-order valence-corrected chi connectivity index (χ0v) is 17.4. The molecule has 0 radical (unpaired) electrons. The van der Waals surface area contributed by atoms with Gasteiger partial charge in [0, 0.05) is 18.3 Å². The van der Waals surface area contributed by atoms with Gasteiger partial charge in [0.15, 0.2) is 6.29 Å². The first-order chi connectivity index (χ1) is 14.1. The second kappa shape index (κ2) is 10.9. The summed E-state index contributed by atoms with van der Waals surface area (Å²) in [6.45, 7) is 7.39. The second-order valence-electron chi connectivity index (χ2n) is 8.34. The van der Waals surface area contributed by atoms with E-state index in [1.54, 1.807) is 0 Å². The minimum atomic E-state index is -0.583. The third-order valence-electron chi connectivity index (χ3n) is 6.01. The smallest absolute Gasteiger partial charge is 0.157 e. The van der Waals surface area contributed by atoms with Crippen molar-refractivity contribution in [3.05, 3.63) is 47.5 Å². The summed E-state index contributed by atoms with van der Waals surface area (Å²) in [5, 5.41) is 0. The Labute approximate surface area is 173 Å². The molecule has 1 aliphatic heterocycles. The minimum absolute atomic E-state index is 0.118. The molecular formula is C25H32F2O2. The van der Waals surface area contributed by atoms with Crippen LogP contribution >= 0.6 is 0 Å². The van der Waals surface area contributed by atoms with Gasteiger partial charge in [0.05, 0.1) is 18.8 Å². The van der Waals surface area contributed by atoms with E-state index < -0.39 is 11.6 Å². The molecule has 1 saturated carbocycles. The summed E-state index contributed by atoms with van der Waals surface area (Å²) >= 11 is 0. The van der Waals surface area contributed by atoms with Gasteiger partial charge in [-0.25, -0.2) is 8.78 Å². The summed E-state index contributed by atoms with van der Waals surface area (Å²) in [6, 6.07) is 2.79. The molecule has 2 nitrogen and oxygen atoms in total. The summed E-state index contributed by atoms with van der Waals surface area (Å²) < 4.78 is 40.4. The number of rotatable bonds is 6. The Hall–Kier alpha value is -1.70. The highest BCUT2D eigenvalue weighted by molar-refractivity contribution is 5.39. The van der Waals surface area contributed by atoms with Crippen molar-refractivity contribution in [3.8, 4) is 11.8 Å².